The summed E-state index contributed by atoms with van der Waals surface area (Å²) in [5.41, 5.74) is 0.592. The van der Waals surface area contributed by atoms with Gasteiger partial charge >= 0.3 is 0 Å². The number of nitrogens with one attached hydrogen (secondary N) is 3. The molecule has 2 aliphatic rings. The van der Waals surface area contributed by atoms with E-state index in [4.69, 9.17) is 9.15 Å². The topological polar surface area (TPSA) is 205 Å². The van der Waals surface area contributed by atoms with E-state index in [-0.39, 0.29) is 71.1 Å². The summed E-state index contributed by atoms with van der Waals surface area (Å²) in [5.74, 6) is -3.56. The first-order valence-electron chi connectivity index (χ1n) is 15.7. The van der Waals surface area contributed by atoms with Crippen molar-refractivity contribution in [2.24, 2.45) is 0 Å². The number of fused-ring (bicyclic) bond motifs is 2. The number of nitrogens with zero attached hydrogens (tertiary/aromatic N) is 1. The van der Waals surface area contributed by atoms with Gasteiger partial charge in [0.25, 0.3) is 11.8 Å². The Morgan fingerprint density at radius 1 is 1.04 bits per heavy atom. The van der Waals surface area contributed by atoms with Crippen LogP contribution in [-0.2, 0) is 14.4 Å². The molecule has 1 unspecified atom stereocenters. The molecule has 3 aromatic rings. The summed E-state index contributed by atoms with van der Waals surface area (Å²) in [6.07, 6.45) is 7.34. The number of allylic oxidation sites excluding steroid dienone is 1. The molecule has 14 heteroatoms. The van der Waals surface area contributed by atoms with Crippen LogP contribution in [0, 0.1) is 0 Å². The maximum absolute atomic E-state index is 13.2. The molecule has 1 fully saturated rings. The number of unbranched alkanes of at least 4 members (excludes halogenated alkanes) is 4. The van der Waals surface area contributed by atoms with Crippen LogP contribution in [0.4, 0.5) is 5.69 Å². The van der Waals surface area contributed by atoms with Gasteiger partial charge in [-0.15, -0.1) is 0 Å². The fourth-order valence-electron chi connectivity index (χ4n) is 5.76. The molecule has 5 rings (SSSR count). The summed E-state index contributed by atoms with van der Waals surface area (Å²) in [6, 6.07) is 5.70. The first-order valence-corrected chi connectivity index (χ1v) is 15.7. The largest absolute Gasteiger partial charge is 0.507 e. The summed E-state index contributed by atoms with van der Waals surface area (Å²) >= 11 is 0. The molecule has 1 atom stereocenters. The van der Waals surface area contributed by atoms with Crippen molar-refractivity contribution < 1.29 is 43.3 Å². The van der Waals surface area contributed by atoms with Gasteiger partial charge in [0.1, 0.15) is 23.8 Å². The molecule has 0 spiro atoms. The highest BCUT2D eigenvalue weighted by Crippen LogP contribution is 2.39. The number of amides is 5. The van der Waals surface area contributed by atoms with Crippen LogP contribution in [0.1, 0.15) is 79.0 Å². The minimum Gasteiger partial charge on any atom is -0.507 e. The molecule has 0 aliphatic carbocycles. The van der Waals surface area contributed by atoms with Crippen molar-refractivity contribution in [1.29, 1.82) is 0 Å². The zero-order valence-corrected chi connectivity index (χ0v) is 26.3. The van der Waals surface area contributed by atoms with Crippen LogP contribution in [-0.4, -0.2) is 63.8 Å². The van der Waals surface area contributed by atoms with Gasteiger partial charge in [-0.2, -0.15) is 0 Å². The number of anilines is 1. The van der Waals surface area contributed by atoms with Gasteiger partial charge in [-0.05, 0) is 38.3 Å². The molecule has 3 heterocycles. The number of carbonyl (C=O) groups is 5. The number of piperidine rings is 1. The molecule has 2 aliphatic heterocycles. The number of rotatable bonds is 14. The number of ether oxygens (including phenoxy) is 1. The van der Waals surface area contributed by atoms with Crippen LogP contribution in [0.25, 0.3) is 11.0 Å². The zero-order chi connectivity index (χ0) is 34.4. The second kappa shape index (κ2) is 14.8. The predicted molar refractivity (Wildman–Crippen MR) is 173 cm³/mol. The molecule has 252 valence electrons. The number of aromatic hydroxyl groups is 2. The average Bonchev–Trinajstić information content (AvgIpc) is 3.30. The third-order valence-electron chi connectivity index (χ3n) is 8.24. The Hall–Kier alpha value is -5.66. The van der Waals surface area contributed by atoms with Gasteiger partial charge in [0, 0.05) is 37.2 Å². The molecule has 14 nitrogen and oxygen atoms in total. The minimum absolute atomic E-state index is 0.0184. The molecule has 0 radical (unpaired) electrons. The van der Waals surface area contributed by atoms with Gasteiger partial charge in [0.15, 0.2) is 16.8 Å². The third-order valence-corrected chi connectivity index (χ3v) is 8.24. The Labute approximate surface area is 274 Å². The Kier molecular flexibility index (Phi) is 10.4. The molecular weight excluding hydrogens is 624 g/mol. The maximum Gasteiger partial charge on any atom is 0.264 e. The van der Waals surface area contributed by atoms with Crippen molar-refractivity contribution in [3.05, 3.63) is 69.7 Å². The second-order valence-electron chi connectivity index (χ2n) is 11.5. The lowest BCUT2D eigenvalue weighted by atomic mass is 10.0. The molecule has 1 aromatic heterocycles. The molecule has 48 heavy (non-hydrogen) atoms. The fraction of sp³-hybridized carbons (Fsp3) is 0.353. The molecular formula is C34H36N4O10. The van der Waals surface area contributed by atoms with Gasteiger partial charge < -0.3 is 30.0 Å². The van der Waals surface area contributed by atoms with E-state index in [2.05, 4.69) is 16.0 Å². The molecule has 5 amide bonds. The van der Waals surface area contributed by atoms with E-state index in [1.54, 1.807) is 12.1 Å². The van der Waals surface area contributed by atoms with Gasteiger partial charge in [0.2, 0.25) is 23.5 Å². The molecule has 0 saturated carbocycles. The number of imide groups is 2. The summed E-state index contributed by atoms with van der Waals surface area (Å²) in [4.78, 5) is 75.7. The van der Waals surface area contributed by atoms with Crippen molar-refractivity contribution >= 4 is 46.2 Å². The number of hydrogen-bond acceptors (Lipinski definition) is 11. The Bertz CT molecular complexity index is 1860. The molecule has 0 bridgehead atoms. The molecule has 2 aromatic carbocycles. The Balaban J connectivity index is 1.02. The van der Waals surface area contributed by atoms with Gasteiger partial charge in [0.05, 0.1) is 23.1 Å². The molecule has 5 N–H and O–H groups in total. The van der Waals surface area contributed by atoms with E-state index in [0.717, 1.165) is 48.6 Å². The highest BCUT2D eigenvalue weighted by molar-refractivity contribution is 6.26. The number of hydrogen-bond donors (Lipinski definition) is 5. The normalized spacial score (nSPS) is 16.2. The van der Waals surface area contributed by atoms with E-state index in [1.807, 2.05) is 13.0 Å². The van der Waals surface area contributed by atoms with Crippen LogP contribution in [0.2, 0.25) is 0 Å². The van der Waals surface area contributed by atoms with Crippen LogP contribution in [0.5, 0.6) is 17.2 Å². The van der Waals surface area contributed by atoms with Crippen LogP contribution >= 0.6 is 0 Å². The minimum atomic E-state index is -1.09. The number of carbonyl (C=O) groups excluding carboxylic acids is 5. The number of benzene rings is 2. The van der Waals surface area contributed by atoms with Gasteiger partial charge in [-0.1, -0.05) is 31.4 Å². The van der Waals surface area contributed by atoms with Crippen LogP contribution < -0.4 is 26.1 Å². The predicted octanol–water partition coefficient (Wildman–Crippen LogP) is 3.46. The van der Waals surface area contributed by atoms with Gasteiger partial charge in [-0.25, -0.2) is 0 Å². The molecule has 1 saturated heterocycles. The van der Waals surface area contributed by atoms with Crippen molar-refractivity contribution in [3.63, 3.8) is 0 Å². The van der Waals surface area contributed by atoms with Crippen molar-refractivity contribution in [3.8, 4) is 17.2 Å². The second-order valence-corrected chi connectivity index (χ2v) is 11.5. The average molecular weight is 661 g/mol. The summed E-state index contributed by atoms with van der Waals surface area (Å²) < 4.78 is 11.1. The third kappa shape index (κ3) is 7.17. The Morgan fingerprint density at radius 3 is 2.58 bits per heavy atom. The summed E-state index contributed by atoms with van der Waals surface area (Å²) in [5, 5.41) is 28.4. The maximum atomic E-state index is 13.2. The summed E-state index contributed by atoms with van der Waals surface area (Å²) in [7, 11) is 0. The van der Waals surface area contributed by atoms with E-state index in [9.17, 15) is 39.0 Å². The van der Waals surface area contributed by atoms with Crippen LogP contribution in [0.15, 0.2) is 57.6 Å². The smallest absolute Gasteiger partial charge is 0.264 e. The quantitative estimate of drug-likeness (QED) is 0.125. The first kappa shape index (κ1) is 33.7. The standard InChI is InChI=1S/C34H36N4O10/c1-2-19(18-48-30-25(41)17-24(40)29-23(39)14-16-47-31(29)30)35-15-7-5-3-4-6-11-26(42)36-21-10-8-9-20-28(21)34(46)38(33(20)45)22-12-13-27(43)37-32(22)44/h2,8-10,14,16-17,22,35,40-41H,3-7,11-13,15,18H2,1H3,(H,36,42)(H,37,43,44)/b19-2-. The zero-order valence-electron chi connectivity index (χ0n) is 26.3. The number of phenols is 2. The summed E-state index contributed by atoms with van der Waals surface area (Å²) in [6.45, 7) is 2.55. The number of phenolic OH excluding ortho intramolecular Hbond substituents is 2. The lowest BCUT2D eigenvalue weighted by Gasteiger charge is -2.27. The van der Waals surface area contributed by atoms with E-state index < -0.39 is 40.8 Å². The van der Waals surface area contributed by atoms with E-state index in [0.29, 0.717) is 13.0 Å². The van der Waals surface area contributed by atoms with Crippen molar-refractivity contribution in [2.75, 3.05) is 18.5 Å². The fourth-order valence-corrected chi connectivity index (χ4v) is 5.76. The van der Waals surface area contributed by atoms with E-state index >= 15 is 0 Å². The monoisotopic (exact) mass is 660 g/mol. The van der Waals surface area contributed by atoms with Crippen LogP contribution in [0.3, 0.4) is 0 Å². The first-order chi connectivity index (χ1) is 23.1. The van der Waals surface area contributed by atoms with Crippen molar-refractivity contribution in [2.45, 2.75) is 64.3 Å². The van der Waals surface area contributed by atoms with Gasteiger partial charge in [-0.3, -0.25) is 39.0 Å². The Morgan fingerprint density at radius 2 is 1.81 bits per heavy atom. The highest BCUT2D eigenvalue weighted by Gasteiger charge is 2.45. The lowest BCUT2D eigenvalue weighted by molar-refractivity contribution is -0.136. The highest BCUT2D eigenvalue weighted by atomic mass is 16.5. The lowest BCUT2D eigenvalue weighted by Crippen LogP contribution is -2.54. The SMILES string of the molecule is C/C=C(/COc1c(O)cc(O)c2c(=O)ccoc12)NCCCCCCCC(=O)Nc1cccc2c1C(=O)N(C1CCC(=O)NC1=O)C2=O. The van der Waals surface area contributed by atoms with E-state index in [1.165, 1.54) is 12.1 Å². The van der Waals surface area contributed by atoms with Crippen molar-refractivity contribution in [1.82, 2.24) is 15.5 Å².